The first-order valence-corrected chi connectivity index (χ1v) is 19.2. The smallest absolute Gasteiger partial charge is 0.306 e. The maximum absolute atomic E-state index is 13.7. The number of methoxy groups -OCH3 is 1. The molecule has 0 aliphatic heterocycles. The van der Waals surface area contributed by atoms with Gasteiger partial charge >= 0.3 is 5.97 Å². The van der Waals surface area contributed by atoms with Gasteiger partial charge in [0.1, 0.15) is 0 Å². The van der Waals surface area contributed by atoms with Crippen LogP contribution < -0.4 is 0 Å². The molecule has 0 saturated heterocycles. The van der Waals surface area contributed by atoms with E-state index in [0.717, 1.165) is 19.3 Å². The number of ether oxygens (including phenoxy) is 1. The first kappa shape index (κ1) is 22.5. The van der Waals surface area contributed by atoms with E-state index < -0.39 is 0 Å². The number of benzene rings is 7. The van der Waals surface area contributed by atoms with Gasteiger partial charge in [-0.25, -0.2) is 0 Å². The van der Waals surface area contributed by atoms with Crippen LogP contribution in [0.5, 0.6) is 0 Å². The van der Waals surface area contributed by atoms with Crippen LogP contribution in [0, 0.1) is 0 Å². The third-order valence-corrected chi connectivity index (χ3v) is 17.1. The number of hydrogen-bond acceptors (Lipinski definition) is 3. The van der Waals surface area contributed by atoms with E-state index in [1.165, 1.54) is 54.1 Å². The molecule has 3 heteroatoms. The predicted octanol–water partition coefficient (Wildman–Crippen LogP) is 11.0. The van der Waals surface area contributed by atoms with Crippen LogP contribution in [0.4, 0.5) is 0 Å². The Balaban J connectivity index is 1.25. The highest BCUT2D eigenvalue weighted by molar-refractivity contribution is 7.10. The third kappa shape index (κ3) is 1.59. The lowest BCUT2D eigenvalue weighted by Gasteiger charge is -2.24. The molecule has 0 radical (unpaired) electrons. The average molecular weight is 649 g/mol. The van der Waals surface area contributed by atoms with Crippen LogP contribution in [0.1, 0.15) is 61.7 Å². The van der Waals surface area contributed by atoms with Crippen molar-refractivity contribution in [3.05, 3.63) is 97.2 Å². The highest BCUT2D eigenvalue weighted by Crippen LogP contribution is 2.85. The molecule has 1 heterocycles. The number of esters is 1. The topological polar surface area (TPSA) is 26.3 Å². The average Bonchev–Trinajstić information content (AvgIpc) is 3.89. The summed E-state index contributed by atoms with van der Waals surface area (Å²) in [5.74, 6) is 0.107. The summed E-state index contributed by atoms with van der Waals surface area (Å²) < 4.78 is 5.58. The Bertz CT molecular complexity index is 3820. The van der Waals surface area contributed by atoms with Gasteiger partial charge in [0.05, 0.1) is 13.5 Å². The number of carbonyl (C=O) groups excluding carboxylic acids is 1. The standard InChI is InChI=1S/C47H20O2S/c1-49-23(48)13-46(22-3-2-4-50-22)45-21-11-19-9-16-7-17-6-14-5-15-8-18-10-20-12-47(45,46)44-30(20)35-29(18)34-25(15)24(14)32-28(17)33-26(16)27(19)36-31(21)43(44)42-40(35)38(34)37(32)39(33)41(36)42/h2-4,6,8-9,11-12,45H,5,7,10,13H2,1H3. The second-order valence-corrected chi connectivity index (χ2v) is 18.1. The number of hydrogen-bond donors (Lipinski definition) is 0. The predicted molar refractivity (Wildman–Crippen MR) is 204 cm³/mol. The molecule has 3 atom stereocenters. The summed E-state index contributed by atoms with van der Waals surface area (Å²) in [7, 11) is 1.58. The van der Waals surface area contributed by atoms with Crippen molar-refractivity contribution in [2.75, 3.05) is 7.11 Å². The van der Waals surface area contributed by atoms with Crippen LogP contribution in [0.3, 0.4) is 0 Å². The molecule has 11 aromatic carbocycles. The summed E-state index contributed by atoms with van der Waals surface area (Å²) in [6.07, 6.45) is 6.19. The van der Waals surface area contributed by atoms with E-state index in [0.29, 0.717) is 6.42 Å². The van der Waals surface area contributed by atoms with Gasteiger partial charge in [0, 0.05) is 21.6 Å². The van der Waals surface area contributed by atoms with Crippen LogP contribution in [-0.4, -0.2) is 13.1 Å². The molecular weight excluding hydrogens is 629 g/mol. The Morgan fingerprint density at radius 3 is 1.96 bits per heavy atom. The molecule has 226 valence electrons. The first-order chi connectivity index (χ1) is 24.7. The van der Waals surface area contributed by atoms with E-state index in [-0.39, 0.29) is 22.7 Å². The number of allylic oxidation sites excluding steroid dienone is 2. The van der Waals surface area contributed by atoms with Crippen LogP contribution in [-0.2, 0) is 39.6 Å². The second kappa shape index (κ2) is 5.87. The van der Waals surface area contributed by atoms with Gasteiger partial charge in [-0.2, -0.15) is 0 Å². The second-order valence-electron chi connectivity index (χ2n) is 17.2. The largest absolute Gasteiger partial charge is 0.469 e. The van der Waals surface area contributed by atoms with Crippen LogP contribution in [0.15, 0.2) is 47.9 Å². The molecule has 6 aliphatic carbocycles. The molecule has 2 nitrogen and oxygen atoms in total. The van der Waals surface area contributed by atoms with E-state index in [1.54, 1.807) is 116 Å². The van der Waals surface area contributed by atoms with Crippen molar-refractivity contribution in [1.29, 1.82) is 0 Å². The van der Waals surface area contributed by atoms with E-state index in [4.69, 9.17) is 4.74 Å². The van der Waals surface area contributed by atoms with Gasteiger partial charge in [-0.05, 0) is 189 Å². The summed E-state index contributed by atoms with van der Waals surface area (Å²) >= 11 is 1.84. The number of thiophene rings is 1. The molecule has 1 saturated carbocycles. The molecule has 1 aromatic heterocycles. The molecule has 50 heavy (non-hydrogen) atoms. The van der Waals surface area contributed by atoms with Gasteiger partial charge < -0.3 is 4.74 Å². The Morgan fingerprint density at radius 1 is 0.680 bits per heavy atom. The summed E-state index contributed by atoms with van der Waals surface area (Å²) in [5.41, 5.74) is 13.2. The van der Waals surface area contributed by atoms with Gasteiger partial charge in [0.2, 0.25) is 0 Å². The van der Waals surface area contributed by atoms with Crippen molar-refractivity contribution in [3.8, 4) is 0 Å². The lowest BCUT2D eigenvalue weighted by atomic mass is 9.78. The summed E-state index contributed by atoms with van der Waals surface area (Å²) in [4.78, 5) is 15.1. The molecular formula is C47H20O2S. The Hall–Kier alpha value is -5.25. The minimum absolute atomic E-state index is 0.0935. The van der Waals surface area contributed by atoms with Gasteiger partial charge in [0.25, 0.3) is 0 Å². The molecule has 3 unspecified atom stereocenters. The van der Waals surface area contributed by atoms with Gasteiger partial charge in [-0.3, -0.25) is 4.79 Å². The quantitative estimate of drug-likeness (QED) is 0.141. The zero-order chi connectivity index (χ0) is 31.4. The lowest BCUT2D eigenvalue weighted by Crippen LogP contribution is -2.23. The zero-order valence-corrected chi connectivity index (χ0v) is 27.6. The van der Waals surface area contributed by atoms with Crippen molar-refractivity contribution in [1.82, 2.24) is 0 Å². The van der Waals surface area contributed by atoms with E-state index in [2.05, 4.69) is 47.9 Å². The third-order valence-electron chi connectivity index (χ3n) is 16.1. The number of rotatable bonds is 3. The molecule has 0 amide bonds. The minimum atomic E-state index is -0.361. The molecule has 0 bridgehead atoms. The zero-order valence-electron chi connectivity index (χ0n) is 26.7. The summed E-state index contributed by atoms with van der Waals surface area (Å²) in [6, 6.07) is 15.0. The lowest BCUT2D eigenvalue weighted by molar-refractivity contribution is -0.141. The number of carbonyl (C=O) groups is 1. The monoisotopic (exact) mass is 648 g/mol. The van der Waals surface area contributed by atoms with E-state index in [1.807, 2.05) is 11.3 Å². The fourth-order valence-electron chi connectivity index (χ4n) is 15.2. The SMILES string of the molecule is COC(=O)CC1(c2cccs2)C2c3cc4cc5c6c4c4c3c3c7c8c9c%10c(cc%11c%12c%13c(cc(c%14c%13c%13c(c%12%10)c9c3c4c%13c6%14)C5)C%11)CC8=CC721. The van der Waals surface area contributed by atoms with Crippen molar-refractivity contribution in [2.45, 2.75) is 42.4 Å². The highest BCUT2D eigenvalue weighted by Gasteiger charge is 2.81. The van der Waals surface area contributed by atoms with Gasteiger partial charge in [-0.15, -0.1) is 11.3 Å². The summed E-state index contributed by atoms with van der Waals surface area (Å²) in [5, 5.41) is 33.3. The highest BCUT2D eigenvalue weighted by atomic mass is 32.1. The van der Waals surface area contributed by atoms with Crippen molar-refractivity contribution in [2.24, 2.45) is 0 Å². The van der Waals surface area contributed by atoms with E-state index in [9.17, 15) is 4.79 Å². The van der Waals surface area contributed by atoms with Gasteiger partial charge in [-0.1, -0.05) is 36.4 Å². The first-order valence-electron chi connectivity index (χ1n) is 18.3. The minimum Gasteiger partial charge on any atom is -0.469 e. The van der Waals surface area contributed by atoms with E-state index >= 15 is 0 Å². The molecule has 1 spiro atoms. The Kier molecular flexibility index (Phi) is 2.64. The van der Waals surface area contributed by atoms with Gasteiger partial charge in [0.15, 0.2) is 0 Å². The molecule has 12 aromatic rings. The Labute approximate surface area is 285 Å². The maximum atomic E-state index is 13.7. The van der Waals surface area contributed by atoms with Crippen molar-refractivity contribution >= 4 is 131 Å². The molecule has 6 aliphatic rings. The molecule has 18 rings (SSSR count). The van der Waals surface area contributed by atoms with Crippen LogP contribution in [0.25, 0.3) is 113 Å². The maximum Gasteiger partial charge on any atom is 0.306 e. The normalized spacial score (nSPS) is 24.9. The Morgan fingerprint density at radius 2 is 1.26 bits per heavy atom. The van der Waals surface area contributed by atoms with Crippen molar-refractivity contribution in [3.63, 3.8) is 0 Å². The van der Waals surface area contributed by atoms with Crippen LogP contribution in [0.2, 0.25) is 0 Å². The van der Waals surface area contributed by atoms with Crippen LogP contribution >= 0.6 is 11.3 Å². The molecule has 1 fully saturated rings. The molecule has 0 N–H and O–H groups in total. The number of fused-ring (bicyclic) bond motifs is 1. The van der Waals surface area contributed by atoms with Crippen molar-refractivity contribution < 1.29 is 9.53 Å². The fraction of sp³-hybridized carbons (Fsp3) is 0.170. The summed E-state index contributed by atoms with van der Waals surface area (Å²) in [6.45, 7) is 0. The fourth-order valence-corrected chi connectivity index (χ4v) is 16.2.